The van der Waals surface area contributed by atoms with Crippen molar-refractivity contribution in [3.63, 3.8) is 0 Å². The molecule has 0 saturated carbocycles. The molecule has 0 bridgehead atoms. The molecule has 0 spiro atoms. The highest BCUT2D eigenvalue weighted by molar-refractivity contribution is 7.89. The van der Waals surface area contributed by atoms with Crippen LogP contribution in [0.25, 0.3) is 0 Å². The predicted molar refractivity (Wildman–Crippen MR) is 101 cm³/mol. The first-order chi connectivity index (χ1) is 12.9. The van der Waals surface area contributed by atoms with Crippen LogP contribution in [0.2, 0.25) is 0 Å². The summed E-state index contributed by atoms with van der Waals surface area (Å²) in [6.45, 7) is 2.39. The monoisotopic (exact) mass is 401 g/mol. The van der Waals surface area contributed by atoms with Crippen LogP contribution >= 0.6 is 0 Å². The van der Waals surface area contributed by atoms with Gasteiger partial charge in [0, 0.05) is 45.8 Å². The van der Waals surface area contributed by atoms with Crippen LogP contribution in [-0.4, -0.2) is 70.2 Å². The Morgan fingerprint density at radius 2 is 2.04 bits per heavy atom. The van der Waals surface area contributed by atoms with E-state index in [1.807, 2.05) is 0 Å². The van der Waals surface area contributed by atoms with Crippen molar-refractivity contribution in [3.8, 4) is 0 Å². The van der Waals surface area contributed by atoms with Crippen molar-refractivity contribution in [1.82, 2.24) is 14.9 Å². The maximum absolute atomic E-state index is 13.9. The van der Waals surface area contributed by atoms with Gasteiger partial charge in [-0.05, 0) is 25.0 Å². The molecular weight excluding hydrogens is 376 g/mol. The van der Waals surface area contributed by atoms with E-state index in [0.717, 1.165) is 6.42 Å². The highest BCUT2D eigenvalue weighted by Gasteiger charge is 2.29. The van der Waals surface area contributed by atoms with Crippen LogP contribution in [-0.2, 0) is 10.0 Å². The Kier molecular flexibility index (Phi) is 6.15. The minimum Gasteiger partial charge on any atom is -0.365 e. The van der Waals surface area contributed by atoms with Crippen LogP contribution in [0.4, 0.5) is 14.5 Å². The first-order valence-electron chi connectivity index (χ1n) is 9.04. The lowest BCUT2D eigenvalue weighted by molar-refractivity contribution is 0.444. The number of guanidine groups is 1. The molecule has 27 heavy (non-hydrogen) atoms. The summed E-state index contributed by atoms with van der Waals surface area (Å²) in [6, 6.07) is 3.86. The molecule has 2 N–H and O–H groups in total. The van der Waals surface area contributed by atoms with Crippen LogP contribution < -0.4 is 15.5 Å². The van der Waals surface area contributed by atoms with Gasteiger partial charge in [-0.25, -0.2) is 21.5 Å². The van der Waals surface area contributed by atoms with E-state index in [-0.39, 0.29) is 17.5 Å². The van der Waals surface area contributed by atoms with Gasteiger partial charge < -0.3 is 15.5 Å². The van der Waals surface area contributed by atoms with Gasteiger partial charge in [0.1, 0.15) is 17.3 Å². The van der Waals surface area contributed by atoms with E-state index in [9.17, 15) is 17.2 Å². The van der Waals surface area contributed by atoms with Gasteiger partial charge in [-0.3, -0.25) is 4.99 Å². The normalized spacial score (nSPS) is 23.0. The summed E-state index contributed by atoms with van der Waals surface area (Å²) < 4.78 is 53.0. The van der Waals surface area contributed by atoms with Crippen LogP contribution in [0.1, 0.15) is 12.8 Å². The molecule has 2 fully saturated rings. The lowest BCUT2D eigenvalue weighted by atomic mass is 10.2. The Bertz CT molecular complexity index is 782. The van der Waals surface area contributed by atoms with Crippen molar-refractivity contribution >= 4 is 21.7 Å². The summed E-state index contributed by atoms with van der Waals surface area (Å²) in [4.78, 5) is 5.83. The minimum absolute atomic E-state index is 0.00369. The van der Waals surface area contributed by atoms with Gasteiger partial charge in [0.2, 0.25) is 10.0 Å². The fraction of sp³-hybridized carbons (Fsp3) is 0.588. The second kappa shape index (κ2) is 8.39. The average Bonchev–Trinajstić information content (AvgIpc) is 3.20. The van der Waals surface area contributed by atoms with Crippen molar-refractivity contribution in [2.24, 2.45) is 4.99 Å². The van der Waals surface area contributed by atoms with Gasteiger partial charge in [-0.1, -0.05) is 6.07 Å². The summed E-state index contributed by atoms with van der Waals surface area (Å²) in [6.07, 6.45) is 1.38. The molecule has 2 saturated heterocycles. The molecule has 1 aromatic carbocycles. The molecule has 3 rings (SSSR count). The minimum atomic E-state index is -3.10. The third-order valence-electron chi connectivity index (χ3n) is 4.86. The molecule has 10 heteroatoms. The van der Waals surface area contributed by atoms with Gasteiger partial charge in [0.05, 0.1) is 5.75 Å². The maximum atomic E-state index is 13.9. The fourth-order valence-electron chi connectivity index (χ4n) is 3.50. The topological polar surface area (TPSA) is 77.0 Å². The fourth-order valence-corrected chi connectivity index (χ4v) is 5.03. The first-order valence-corrected chi connectivity index (χ1v) is 10.7. The number of halogens is 2. The number of sulfonamides is 1. The summed E-state index contributed by atoms with van der Waals surface area (Å²) >= 11 is 0. The van der Waals surface area contributed by atoms with Gasteiger partial charge >= 0.3 is 0 Å². The van der Waals surface area contributed by atoms with Gasteiger partial charge in [0.25, 0.3) is 0 Å². The summed E-state index contributed by atoms with van der Waals surface area (Å²) in [7, 11) is -1.47. The molecule has 2 aliphatic heterocycles. The number of hydrogen-bond donors (Lipinski definition) is 2. The van der Waals surface area contributed by atoms with E-state index in [4.69, 9.17) is 0 Å². The maximum Gasteiger partial charge on any atom is 0.214 e. The highest BCUT2D eigenvalue weighted by atomic mass is 32.2. The van der Waals surface area contributed by atoms with Crippen molar-refractivity contribution < 1.29 is 17.2 Å². The number of rotatable bonds is 5. The van der Waals surface area contributed by atoms with E-state index in [0.29, 0.717) is 45.1 Å². The molecule has 7 nitrogen and oxygen atoms in total. The second-order valence-electron chi connectivity index (χ2n) is 6.71. The van der Waals surface area contributed by atoms with Crippen LogP contribution in [0.15, 0.2) is 23.2 Å². The van der Waals surface area contributed by atoms with E-state index < -0.39 is 21.7 Å². The molecule has 1 unspecified atom stereocenters. The zero-order valence-electron chi connectivity index (χ0n) is 15.3. The Hall–Kier alpha value is -1.94. The van der Waals surface area contributed by atoms with Crippen LogP contribution in [0.3, 0.4) is 0 Å². The third kappa shape index (κ3) is 4.67. The molecule has 0 aromatic heterocycles. The van der Waals surface area contributed by atoms with Crippen LogP contribution in [0.5, 0.6) is 0 Å². The molecule has 2 aliphatic rings. The number of nitrogens with zero attached hydrogens (tertiary/aromatic N) is 3. The van der Waals surface area contributed by atoms with Gasteiger partial charge in [-0.2, -0.15) is 0 Å². The third-order valence-corrected chi connectivity index (χ3v) is 6.82. The number of aliphatic imine (C=N–C) groups is 1. The number of para-hydroxylation sites is 1. The summed E-state index contributed by atoms with van der Waals surface area (Å²) in [5, 5.41) is 6.34. The average molecular weight is 401 g/mol. The number of anilines is 1. The highest BCUT2D eigenvalue weighted by Crippen LogP contribution is 2.26. The largest absolute Gasteiger partial charge is 0.365 e. The molecule has 150 valence electrons. The molecule has 0 radical (unpaired) electrons. The van der Waals surface area contributed by atoms with E-state index in [1.54, 1.807) is 11.9 Å². The SMILES string of the molecule is CN=C(NCCN1CCCS1(=O)=O)NC1CCN(c2c(F)cccc2F)C1. The Morgan fingerprint density at radius 3 is 2.67 bits per heavy atom. The predicted octanol–water partition coefficient (Wildman–Crippen LogP) is 0.744. The number of nitrogens with one attached hydrogen (secondary N) is 2. The Morgan fingerprint density at radius 1 is 1.30 bits per heavy atom. The van der Waals surface area contributed by atoms with Crippen molar-refractivity contribution in [1.29, 1.82) is 0 Å². The molecule has 0 aliphatic carbocycles. The summed E-state index contributed by atoms with van der Waals surface area (Å²) in [5.74, 6) is -0.368. The van der Waals surface area contributed by atoms with E-state index in [2.05, 4.69) is 15.6 Å². The summed E-state index contributed by atoms with van der Waals surface area (Å²) in [5.41, 5.74) is 0.00369. The number of benzene rings is 1. The van der Waals surface area contributed by atoms with Gasteiger partial charge in [-0.15, -0.1) is 0 Å². The van der Waals surface area contributed by atoms with Crippen molar-refractivity contribution in [3.05, 3.63) is 29.8 Å². The second-order valence-corrected chi connectivity index (χ2v) is 8.80. The zero-order chi connectivity index (χ0) is 19.4. The number of hydrogen-bond acceptors (Lipinski definition) is 4. The molecule has 1 atom stereocenters. The smallest absolute Gasteiger partial charge is 0.214 e. The first kappa shape index (κ1) is 19.8. The Balaban J connectivity index is 1.49. The molecule has 1 aromatic rings. The van der Waals surface area contributed by atoms with Gasteiger partial charge in [0.15, 0.2) is 5.96 Å². The van der Waals surface area contributed by atoms with E-state index in [1.165, 1.54) is 22.5 Å². The van der Waals surface area contributed by atoms with E-state index >= 15 is 0 Å². The quantitative estimate of drug-likeness (QED) is 0.562. The molecule has 0 amide bonds. The Labute approximate surface area is 158 Å². The lowest BCUT2D eigenvalue weighted by Crippen LogP contribution is -2.46. The van der Waals surface area contributed by atoms with Crippen LogP contribution in [0, 0.1) is 11.6 Å². The molecule has 2 heterocycles. The zero-order valence-corrected chi connectivity index (χ0v) is 16.1. The van der Waals surface area contributed by atoms with Crippen molar-refractivity contribution in [2.45, 2.75) is 18.9 Å². The van der Waals surface area contributed by atoms with Crippen molar-refractivity contribution in [2.75, 3.05) is 50.4 Å². The lowest BCUT2D eigenvalue weighted by Gasteiger charge is -2.21. The standard InChI is InChI=1S/C17H25F2N5O2S/c1-20-17(21-7-10-24-8-3-11-27(24,25)26)22-13-6-9-23(12-13)16-14(18)4-2-5-15(16)19/h2,4-5,13H,3,6-12H2,1H3,(H2,20,21,22). The molecular formula is C17H25F2N5O2S.